The van der Waals surface area contributed by atoms with Gasteiger partial charge in [0.25, 0.3) is 0 Å². The summed E-state index contributed by atoms with van der Waals surface area (Å²) in [6, 6.07) is 10.0. The molecule has 26 heavy (non-hydrogen) atoms. The molecule has 6 heteroatoms. The van der Waals surface area contributed by atoms with Gasteiger partial charge in [-0.15, -0.1) is 11.6 Å². The van der Waals surface area contributed by atoms with Crippen LogP contribution in [0, 0.1) is 0 Å². The van der Waals surface area contributed by atoms with Crippen LogP contribution < -0.4 is 4.90 Å². The first kappa shape index (κ1) is 18.6. The van der Waals surface area contributed by atoms with Crippen molar-refractivity contribution in [1.29, 1.82) is 0 Å². The van der Waals surface area contributed by atoms with Crippen LogP contribution in [0.15, 0.2) is 30.3 Å². The van der Waals surface area contributed by atoms with Crippen LogP contribution in [0.5, 0.6) is 0 Å². The lowest BCUT2D eigenvalue weighted by molar-refractivity contribution is -0.131. The van der Waals surface area contributed by atoms with E-state index >= 15 is 0 Å². The number of halogens is 1. The topological polar surface area (TPSA) is 49.3 Å². The standard InChI is InChI=1S/C20H25ClN4O/c1-4-11-24(3)19-16-13-25(20(26)14(2)21)12-10-17(16)22-18(23-19)15-8-6-5-7-9-15/h5-9,14H,4,10-13H2,1-3H3/t14-/m0/s1. The number of rotatable bonds is 5. The van der Waals surface area contributed by atoms with Crippen LogP contribution in [0.3, 0.4) is 0 Å². The van der Waals surface area contributed by atoms with E-state index in [9.17, 15) is 4.79 Å². The molecule has 0 spiro atoms. The van der Waals surface area contributed by atoms with Crippen molar-refractivity contribution in [3.8, 4) is 11.4 Å². The highest BCUT2D eigenvalue weighted by Gasteiger charge is 2.28. The van der Waals surface area contributed by atoms with Crippen molar-refractivity contribution in [3.63, 3.8) is 0 Å². The molecule has 1 amide bonds. The molecule has 1 aliphatic heterocycles. The van der Waals surface area contributed by atoms with Crippen molar-refractivity contribution in [1.82, 2.24) is 14.9 Å². The van der Waals surface area contributed by atoms with Gasteiger partial charge in [-0.25, -0.2) is 9.97 Å². The highest BCUT2D eigenvalue weighted by Crippen LogP contribution is 2.29. The summed E-state index contributed by atoms with van der Waals surface area (Å²) in [5.74, 6) is 1.62. The lowest BCUT2D eigenvalue weighted by atomic mass is 10.0. The average molecular weight is 373 g/mol. The summed E-state index contributed by atoms with van der Waals surface area (Å²) >= 11 is 6.01. The third-order valence-electron chi connectivity index (χ3n) is 4.64. The zero-order chi connectivity index (χ0) is 18.7. The number of carbonyl (C=O) groups excluding carboxylic acids is 1. The normalized spacial score (nSPS) is 14.7. The number of anilines is 1. The molecule has 0 aliphatic carbocycles. The summed E-state index contributed by atoms with van der Waals surface area (Å²) < 4.78 is 0. The van der Waals surface area contributed by atoms with Gasteiger partial charge in [-0.3, -0.25) is 4.79 Å². The SMILES string of the molecule is CCCN(C)c1nc(-c2ccccc2)nc2c1CN(C(=O)[C@H](C)Cl)CC2. The molecule has 0 fully saturated rings. The Morgan fingerprint density at radius 2 is 2.04 bits per heavy atom. The molecular formula is C20H25ClN4O. The van der Waals surface area contributed by atoms with Crippen LogP contribution in [0.2, 0.25) is 0 Å². The van der Waals surface area contributed by atoms with Gasteiger partial charge in [0, 0.05) is 37.7 Å². The Bertz CT molecular complexity index is 779. The van der Waals surface area contributed by atoms with Gasteiger partial charge in [-0.2, -0.15) is 0 Å². The van der Waals surface area contributed by atoms with Crippen LogP contribution >= 0.6 is 11.6 Å². The second kappa shape index (κ2) is 8.04. The number of benzene rings is 1. The molecule has 0 radical (unpaired) electrons. The van der Waals surface area contributed by atoms with Gasteiger partial charge in [0.2, 0.25) is 5.91 Å². The van der Waals surface area contributed by atoms with E-state index in [4.69, 9.17) is 21.6 Å². The molecule has 1 aromatic carbocycles. The minimum absolute atomic E-state index is 0.0338. The number of hydrogen-bond donors (Lipinski definition) is 0. The molecule has 1 aromatic heterocycles. The van der Waals surface area contributed by atoms with E-state index in [0.29, 0.717) is 13.1 Å². The molecule has 2 heterocycles. The molecule has 0 N–H and O–H groups in total. The van der Waals surface area contributed by atoms with E-state index < -0.39 is 5.38 Å². The van der Waals surface area contributed by atoms with E-state index in [-0.39, 0.29) is 5.91 Å². The second-order valence-electron chi connectivity index (χ2n) is 6.71. The summed E-state index contributed by atoms with van der Waals surface area (Å²) in [5.41, 5.74) is 3.08. The number of fused-ring (bicyclic) bond motifs is 1. The summed E-state index contributed by atoms with van der Waals surface area (Å²) in [4.78, 5) is 26.0. The Morgan fingerprint density at radius 3 is 2.69 bits per heavy atom. The van der Waals surface area contributed by atoms with Crippen molar-refractivity contribution in [2.45, 2.75) is 38.6 Å². The Kier molecular flexibility index (Phi) is 5.77. The van der Waals surface area contributed by atoms with E-state index in [1.807, 2.05) is 42.3 Å². The molecule has 0 saturated heterocycles. The fraction of sp³-hybridized carbons (Fsp3) is 0.450. The van der Waals surface area contributed by atoms with Crippen LogP contribution in [0.4, 0.5) is 5.82 Å². The number of carbonyl (C=O) groups is 1. The molecule has 138 valence electrons. The van der Waals surface area contributed by atoms with E-state index in [1.54, 1.807) is 6.92 Å². The number of alkyl halides is 1. The molecule has 0 saturated carbocycles. The molecule has 1 atom stereocenters. The number of hydrogen-bond acceptors (Lipinski definition) is 4. The lowest BCUT2D eigenvalue weighted by Crippen LogP contribution is -2.40. The summed E-state index contributed by atoms with van der Waals surface area (Å²) in [7, 11) is 2.05. The van der Waals surface area contributed by atoms with Crippen molar-refractivity contribution in [2.24, 2.45) is 0 Å². The van der Waals surface area contributed by atoms with Gasteiger partial charge in [-0.1, -0.05) is 37.3 Å². The summed E-state index contributed by atoms with van der Waals surface area (Å²) in [6.07, 6.45) is 1.75. The largest absolute Gasteiger partial charge is 0.359 e. The molecule has 2 aromatic rings. The summed E-state index contributed by atoms with van der Waals surface area (Å²) in [5, 5.41) is -0.516. The third-order valence-corrected chi connectivity index (χ3v) is 4.83. The minimum atomic E-state index is -0.516. The first-order valence-corrected chi connectivity index (χ1v) is 9.54. The van der Waals surface area contributed by atoms with Crippen LogP contribution in [0.25, 0.3) is 11.4 Å². The minimum Gasteiger partial charge on any atom is -0.359 e. The predicted molar refractivity (Wildman–Crippen MR) is 105 cm³/mol. The van der Waals surface area contributed by atoms with Crippen LogP contribution in [-0.2, 0) is 17.8 Å². The Labute approximate surface area is 160 Å². The third kappa shape index (κ3) is 3.83. The maximum absolute atomic E-state index is 12.3. The van der Waals surface area contributed by atoms with Crippen molar-refractivity contribution in [3.05, 3.63) is 41.6 Å². The predicted octanol–water partition coefficient (Wildman–Crippen LogP) is 3.50. The zero-order valence-electron chi connectivity index (χ0n) is 15.6. The van der Waals surface area contributed by atoms with Gasteiger partial charge < -0.3 is 9.80 Å². The Hall–Kier alpha value is -2.14. The van der Waals surface area contributed by atoms with E-state index in [1.165, 1.54) is 0 Å². The number of aromatic nitrogens is 2. The zero-order valence-corrected chi connectivity index (χ0v) is 16.3. The highest BCUT2D eigenvalue weighted by atomic mass is 35.5. The number of nitrogens with zero attached hydrogens (tertiary/aromatic N) is 4. The van der Waals surface area contributed by atoms with E-state index in [0.717, 1.165) is 47.8 Å². The monoisotopic (exact) mass is 372 g/mol. The molecule has 5 nitrogen and oxygen atoms in total. The van der Waals surface area contributed by atoms with Gasteiger partial charge in [-0.05, 0) is 13.3 Å². The number of amides is 1. The Morgan fingerprint density at radius 1 is 1.31 bits per heavy atom. The van der Waals surface area contributed by atoms with Crippen molar-refractivity contribution < 1.29 is 4.79 Å². The average Bonchev–Trinajstić information content (AvgIpc) is 2.66. The molecule has 0 unspecified atom stereocenters. The fourth-order valence-electron chi connectivity index (χ4n) is 3.31. The van der Waals surface area contributed by atoms with Gasteiger partial charge in [0.05, 0.1) is 12.2 Å². The first-order chi connectivity index (χ1) is 12.5. The van der Waals surface area contributed by atoms with E-state index in [2.05, 4.69) is 11.8 Å². The smallest absolute Gasteiger partial charge is 0.240 e. The van der Waals surface area contributed by atoms with Crippen molar-refractivity contribution in [2.75, 3.05) is 25.0 Å². The van der Waals surface area contributed by atoms with Gasteiger partial charge in [0.15, 0.2) is 5.82 Å². The van der Waals surface area contributed by atoms with Crippen molar-refractivity contribution >= 4 is 23.3 Å². The summed E-state index contributed by atoms with van der Waals surface area (Å²) in [6.45, 7) is 5.93. The maximum Gasteiger partial charge on any atom is 0.240 e. The maximum atomic E-state index is 12.3. The quantitative estimate of drug-likeness (QED) is 0.754. The van der Waals surface area contributed by atoms with Crippen LogP contribution in [0.1, 0.15) is 31.5 Å². The fourth-order valence-corrected chi connectivity index (χ4v) is 3.45. The lowest BCUT2D eigenvalue weighted by Gasteiger charge is -2.32. The van der Waals surface area contributed by atoms with Gasteiger partial charge >= 0.3 is 0 Å². The first-order valence-electron chi connectivity index (χ1n) is 9.10. The molecule has 1 aliphatic rings. The molecule has 0 bridgehead atoms. The Balaban J connectivity index is 2.03. The molecule has 3 rings (SSSR count). The highest BCUT2D eigenvalue weighted by molar-refractivity contribution is 6.30. The second-order valence-corrected chi connectivity index (χ2v) is 7.36. The van der Waals surface area contributed by atoms with Gasteiger partial charge in [0.1, 0.15) is 11.2 Å². The van der Waals surface area contributed by atoms with Crippen LogP contribution in [-0.4, -0.2) is 46.3 Å². The molecular weight excluding hydrogens is 348 g/mol.